The Balaban J connectivity index is 0.000000135. The SMILES string of the molecule is Brc1ccc2c(c1)c1ccccc1n2-c1nc(-c2ccccc2)nc(-c2cccc(C(c3ccccc3)(c3ccccc3)c3ccccc3)c2)n1.c1ccc(-c2nc(-c3cccc(C(c4ccccc4)(c4ccccc4)c4ccccc4)c3)nc(-n3c4ccccc4c4cc(-n5c(-c6ccccc6)nc6ccccc65)ccc43)n2)cc1.c1ccc(-c2nc3ccccc3[nH]2)cc1. The van der Waals surface area contributed by atoms with Crippen LogP contribution >= 0.6 is 15.9 Å². The molecule has 0 saturated carbocycles. The third kappa shape index (κ3) is 15.0. The van der Waals surface area contributed by atoms with Crippen LogP contribution < -0.4 is 0 Å². The fourth-order valence-electron chi connectivity index (χ4n) is 18.8. The van der Waals surface area contributed by atoms with Gasteiger partial charge in [0, 0.05) is 65.1 Å². The number of hydrogen-bond acceptors (Lipinski definition) is 8. The van der Waals surface area contributed by atoms with E-state index in [0.29, 0.717) is 35.2 Å². The predicted molar refractivity (Wildman–Crippen MR) is 536 cm³/mol. The zero-order chi connectivity index (χ0) is 87.4. The molecule has 131 heavy (non-hydrogen) atoms. The fraction of sp³-hybridized carbons (Fsp3) is 0.0169. The number of imidazole rings is 2. The molecule has 6 aromatic heterocycles. The van der Waals surface area contributed by atoms with Crippen molar-refractivity contribution in [1.82, 2.24) is 58.6 Å². The Morgan fingerprint density at radius 2 is 0.527 bits per heavy atom. The van der Waals surface area contributed by atoms with Crippen molar-refractivity contribution in [2.45, 2.75) is 10.8 Å². The fourth-order valence-corrected chi connectivity index (χ4v) is 19.1. The lowest BCUT2D eigenvalue weighted by Crippen LogP contribution is -2.31. The van der Waals surface area contributed by atoms with Gasteiger partial charge in [0.2, 0.25) is 11.9 Å². The average molecular weight is 1750 g/mol. The Morgan fingerprint density at radius 1 is 0.206 bits per heavy atom. The third-order valence-corrected chi connectivity index (χ3v) is 25.1. The summed E-state index contributed by atoms with van der Waals surface area (Å²) in [6.07, 6.45) is 0. The van der Waals surface area contributed by atoms with Crippen LogP contribution in [0, 0.1) is 0 Å². The molecule has 0 spiro atoms. The third-order valence-electron chi connectivity index (χ3n) is 24.6. The Bertz CT molecular complexity index is 7980. The van der Waals surface area contributed by atoms with Crippen molar-refractivity contribution in [3.8, 4) is 85.9 Å². The summed E-state index contributed by atoms with van der Waals surface area (Å²) in [5.74, 6) is 5.32. The minimum absolute atomic E-state index is 0.539. The Morgan fingerprint density at radius 3 is 0.954 bits per heavy atom. The van der Waals surface area contributed by atoms with E-state index < -0.39 is 10.8 Å². The second-order valence-electron chi connectivity index (χ2n) is 32.3. The Kier molecular flexibility index (Phi) is 21.4. The van der Waals surface area contributed by atoms with Crippen LogP contribution in [0.4, 0.5) is 0 Å². The molecule has 13 heteroatoms. The highest BCUT2D eigenvalue weighted by atomic mass is 79.9. The predicted octanol–water partition coefficient (Wildman–Crippen LogP) is 28.4. The van der Waals surface area contributed by atoms with Gasteiger partial charge in [-0.15, -0.1) is 0 Å². The first-order valence-electron chi connectivity index (χ1n) is 43.8. The molecule has 24 rings (SSSR count). The van der Waals surface area contributed by atoms with Crippen molar-refractivity contribution in [1.29, 1.82) is 0 Å². The van der Waals surface area contributed by atoms with Crippen molar-refractivity contribution >= 4 is 81.6 Å². The van der Waals surface area contributed by atoms with Gasteiger partial charge in [0.15, 0.2) is 23.3 Å². The lowest BCUT2D eigenvalue weighted by Gasteiger charge is -2.37. The number of aromatic nitrogens is 12. The summed E-state index contributed by atoms with van der Waals surface area (Å²) in [6.45, 7) is 0. The van der Waals surface area contributed by atoms with Crippen molar-refractivity contribution < 1.29 is 0 Å². The van der Waals surface area contributed by atoms with Gasteiger partial charge in [-0.1, -0.05) is 416 Å². The molecule has 0 bridgehead atoms. The molecular weight excluding hydrogens is 1670 g/mol. The van der Waals surface area contributed by atoms with E-state index in [9.17, 15) is 0 Å². The van der Waals surface area contributed by atoms with E-state index in [0.717, 1.165) is 132 Å². The van der Waals surface area contributed by atoms with E-state index in [1.165, 1.54) is 33.4 Å². The van der Waals surface area contributed by atoms with Crippen LogP contribution in [0.25, 0.3) is 152 Å². The van der Waals surface area contributed by atoms with Crippen LogP contribution in [0.15, 0.2) is 490 Å². The standard InChI is InChI=1S/C59H40N6.C46H31BrN4.C13H10N2/c1-6-21-41(22-7-1)55-61-56(43-25-20-32-47(39-43)59(44-26-10-3-11-27-44,45-28-12-4-13-29-45)46-30-14-5-15-31-46)63-58(62-55)65-52-35-18-16-33-49(52)50-40-48(37-38-53(50)65)64-54-36-19-17-34-51(54)60-57(64)42-23-8-2-9-24-42;47-38-28-29-42-40(31-38)39-26-13-14-27-41(39)51(42)45-49-43(32-16-5-1-6-17-32)48-44(50-45)33-18-15-25-37(30-33)46(34-19-7-2-8-20-34,35-21-9-3-10-22-35)36-23-11-4-12-24-36;1-2-6-10(7-3-1)13-14-11-8-4-5-9-12(11)15-13/h1-40H;1-31H;1-9H,(H,14,15). The molecule has 620 valence electrons. The zero-order valence-corrected chi connectivity index (χ0v) is 72.6. The van der Waals surface area contributed by atoms with E-state index in [2.05, 4.69) is 422 Å². The summed E-state index contributed by atoms with van der Waals surface area (Å²) in [7, 11) is 0. The summed E-state index contributed by atoms with van der Waals surface area (Å²) in [4.78, 5) is 44.5. The summed E-state index contributed by atoms with van der Waals surface area (Å²) in [5.41, 5.74) is 23.0. The maximum absolute atomic E-state index is 5.41. The molecule has 6 heterocycles. The molecule has 0 aliphatic heterocycles. The number of nitrogens with zero attached hydrogens (tertiary/aromatic N) is 11. The molecule has 0 aliphatic carbocycles. The van der Waals surface area contributed by atoms with Crippen molar-refractivity contribution in [2.24, 2.45) is 0 Å². The first kappa shape index (κ1) is 79.9. The number of nitrogens with one attached hydrogen (secondary N) is 1. The summed E-state index contributed by atoms with van der Waals surface area (Å²) in [6, 6.07) is 169. The lowest BCUT2D eigenvalue weighted by molar-refractivity contribution is 0.745. The van der Waals surface area contributed by atoms with Crippen molar-refractivity contribution in [2.75, 3.05) is 0 Å². The van der Waals surface area contributed by atoms with Gasteiger partial charge in [-0.05, 0) is 129 Å². The molecule has 0 fully saturated rings. The molecule has 0 atom stereocenters. The second-order valence-corrected chi connectivity index (χ2v) is 33.2. The molecular formula is C118H81BrN12. The number of rotatable bonds is 17. The monoisotopic (exact) mass is 1740 g/mol. The van der Waals surface area contributed by atoms with Gasteiger partial charge in [-0.3, -0.25) is 13.7 Å². The molecule has 1 N–H and O–H groups in total. The van der Waals surface area contributed by atoms with Crippen molar-refractivity contribution in [3.05, 3.63) is 534 Å². The van der Waals surface area contributed by atoms with Gasteiger partial charge in [-0.25, -0.2) is 19.9 Å². The largest absolute Gasteiger partial charge is 0.338 e. The zero-order valence-electron chi connectivity index (χ0n) is 71.0. The molecule has 0 amide bonds. The molecule has 0 radical (unpaired) electrons. The average Bonchev–Trinajstić information content (AvgIpc) is 0.882. The van der Waals surface area contributed by atoms with Gasteiger partial charge in [0.1, 0.15) is 11.6 Å². The van der Waals surface area contributed by atoms with Gasteiger partial charge >= 0.3 is 0 Å². The Labute approximate surface area is 765 Å². The Hall–Kier alpha value is -17.0. The van der Waals surface area contributed by atoms with Crippen molar-refractivity contribution in [3.63, 3.8) is 0 Å². The van der Waals surface area contributed by atoms with Crippen LogP contribution in [0.2, 0.25) is 0 Å². The van der Waals surface area contributed by atoms with Gasteiger partial charge < -0.3 is 4.98 Å². The normalized spacial score (nSPS) is 11.5. The smallest absolute Gasteiger partial charge is 0.238 e. The minimum atomic E-state index is -0.636. The second kappa shape index (κ2) is 35.1. The van der Waals surface area contributed by atoms with Gasteiger partial charge in [0.25, 0.3) is 0 Å². The minimum Gasteiger partial charge on any atom is -0.338 e. The molecule has 0 aliphatic rings. The quantitative estimate of drug-likeness (QED) is 0.0891. The van der Waals surface area contributed by atoms with Crippen LogP contribution in [0.5, 0.6) is 0 Å². The van der Waals surface area contributed by atoms with Crippen LogP contribution in [-0.2, 0) is 10.8 Å². The van der Waals surface area contributed by atoms with Crippen LogP contribution in [0.3, 0.4) is 0 Å². The highest BCUT2D eigenvalue weighted by molar-refractivity contribution is 9.10. The number of benzene rings is 18. The maximum Gasteiger partial charge on any atom is 0.238 e. The van der Waals surface area contributed by atoms with Gasteiger partial charge in [0.05, 0.1) is 55.0 Å². The highest BCUT2D eigenvalue weighted by Gasteiger charge is 2.41. The number of para-hydroxylation sites is 6. The molecule has 18 aromatic carbocycles. The summed E-state index contributed by atoms with van der Waals surface area (Å²) in [5, 5.41) is 4.44. The van der Waals surface area contributed by atoms with E-state index in [1.807, 2.05) is 103 Å². The van der Waals surface area contributed by atoms with Gasteiger partial charge in [-0.2, -0.15) is 19.9 Å². The molecule has 0 saturated heterocycles. The number of halogens is 1. The number of hydrogen-bond donors (Lipinski definition) is 1. The number of H-pyrrole nitrogens is 1. The van der Waals surface area contributed by atoms with E-state index in [4.69, 9.17) is 34.9 Å². The van der Waals surface area contributed by atoms with E-state index >= 15 is 0 Å². The van der Waals surface area contributed by atoms with Crippen LogP contribution in [0.1, 0.15) is 44.5 Å². The highest BCUT2D eigenvalue weighted by Crippen LogP contribution is 2.49. The summed E-state index contributed by atoms with van der Waals surface area (Å²) >= 11 is 3.69. The molecule has 0 unspecified atom stereocenters. The lowest BCUT2D eigenvalue weighted by atomic mass is 9.65. The summed E-state index contributed by atoms with van der Waals surface area (Å²) < 4.78 is 7.62. The van der Waals surface area contributed by atoms with Crippen LogP contribution in [-0.4, -0.2) is 58.6 Å². The van der Waals surface area contributed by atoms with E-state index in [1.54, 1.807) is 0 Å². The first-order valence-corrected chi connectivity index (χ1v) is 44.6. The van der Waals surface area contributed by atoms with E-state index in [-0.39, 0.29) is 0 Å². The number of fused-ring (bicyclic) bond motifs is 8. The maximum atomic E-state index is 5.41. The topological polar surface area (TPSA) is 134 Å². The number of aromatic amines is 1. The first-order chi connectivity index (χ1) is 64.9. The molecule has 12 nitrogen and oxygen atoms in total. The molecule has 24 aromatic rings.